The highest BCUT2D eigenvalue weighted by atomic mass is 16.3. The number of fused-ring (bicyclic) bond motifs is 3. The second-order valence-electron chi connectivity index (χ2n) is 12.0. The predicted octanol–water partition coefficient (Wildman–Crippen LogP) is 0.204. The van der Waals surface area contributed by atoms with Crippen LogP contribution in [0.3, 0.4) is 0 Å². The molecule has 12 heteroatoms. The molecular formula is C27H34N4O8. The number of nitrogens with one attached hydrogen (secondary N) is 2. The van der Waals surface area contributed by atoms with Gasteiger partial charge in [0.25, 0.3) is 0 Å². The number of nitrogens with two attached hydrogens (primary N) is 1. The van der Waals surface area contributed by atoms with E-state index < -0.39 is 94.0 Å². The predicted molar refractivity (Wildman–Crippen MR) is 138 cm³/mol. The molecule has 0 spiro atoms. The number of aliphatic hydroxyl groups is 1. The molecule has 12 nitrogen and oxygen atoms in total. The number of phenolic OH excluding ortho intramolecular Hbond substituents is 1. The third-order valence-electron chi connectivity index (χ3n) is 8.09. The van der Waals surface area contributed by atoms with Gasteiger partial charge in [0.15, 0.2) is 29.1 Å². The molecule has 6 N–H and O–H groups in total. The molecule has 4 rings (SSSR count). The van der Waals surface area contributed by atoms with Gasteiger partial charge < -0.3 is 26.6 Å². The summed E-state index contributed by atoms with van der Waals surface area (Å²) in [4.78, 5) is 80.1. The average Bonchev–Trinajstić information content (AvgIpc) is 2.78. The summed E-state index contributed by atoms with van der Waals surface area (Å²) < 4.78 is 0. The van der Waals surface area contributed by atoms with Gasteiger partial charge in [0.05, 0.1) is 35.2 Å². The van der Waals surface area contributed by atoms with E-state index in [9.17, 15) is 39.0 Å². The fourth-order valence-electron chi connectivity index (χ4n) is 6.57. The molecule has 0 aromatic heterocycles. The van der Waals surface area contributed by atoms with Gasteiger partial charge >= 0.3 is 6.03 Å². The van der Waals surface area contributed by atoms with E-state index in [1.807, 2.05) is 0 Å². The molecule has 210 valence electrons. The molecule has 3 aliphatic rings. The van der Waals surface area contributed by atoms with Gasteiger partial charge in [-0.25, -0.2) is 4.79 Å². The van der Waals surface area contributed by atoms with Gasteiger partial charge in [-0.1, -0.05) is 13.0 Å². The Kier molecular flexibility index (Phi) is 6.93. The fraction of sp³-hybridized carbons (Fsp3) is 0.556. The van der Waals surface area contributed by atoms with Crippen molar-refractivity contribution in [2.45, 2.75) is 51.3 Å². The van der Waals surface area contributed by atoms with Crippen molar-refractivity contribution in [2.24, 2.45) is 35.3 Å². The summed E-state index contributed by atoms with van der Waals surface area (Å²) in [6, 6.07) is 1.18. The van der Waals surface area contributed by atoms with Crippen molar-refractivity contribution in [1.29, 1.82) is 0 Å². The van der Waals surface area contributed by atoms with Gasteiger partial charge in [0.1, 0.15) is 5.75 Å². The molecule has 2 saturated carbocycles. The van der Waals surface area contributed by atoms with Crippen LogP contribution in [-0.4, -0.2) is 82.0 Å². The lowest BCUT2D eigenvalue weighted by Crippen LogP contribution is -2.69. The molecule has 1 aromatic carbocycles. The molecule has 8 atom stereocenters. The first kappa shape index (κ1) is 28.4. The summed E-state index contributed by atoms with van der Waals surface area (Å²) in [5.74, 6) is -13.0. The number of ketones is 4. The topological polar surface area (TPSA) is 196 Å². The molecule has 0 radical (unpaired) electrons. The lowest BCUT2D eigenvalue weighted by molar-refractivity contribution is -0.167. The quantitative estimate of drug-likeness (QED) is 0.262. The number of Topliss-reactive ketones (excluding diaryl/α,β-unsaturated/α-hetero) is 4. The van der Waals surface area contributed by atoms with Crippen LogP contribution in [0.4, 0.5) is 10.5 Å². The zero-order chi connectivity index (χ0) is 29.3. The molecule has 3 amide bonds. The largest absolute Gasteiger partial charge is 0.505 e. The Morgan fingerprint density at radius 3 is 2.13 bits per heavy atom. The number of carbonyl (C=O) groups is 6. The molecule has 39 heavy (non-hydrogen) atoms. The van der Waals surface area contributed by atoms with E-state index in [0.29, 0.717) is 5.56 Å². The van der Waals surface area contributed by atoms with E-state index in [2.05, 4.69) is 10.6 Å². The number of likely N-dealkylation sites (N-methyl/N-ethyl adjacent to an activating group) is 1. The van der Waals surface area contributed by atoms with Crippen LogP contribution in [0.1, 0.15) is 49.5 Å². The first-order chi connectivity index (χ1) is 18.0. The molecule has 0 heterocycles. The first-order valence-electron chi connectivity index (χ1n) is 12.7. The Hall–Kier alpha value is -3.64. The van der Waals surface area contributed by atoms with Crippen molar-refractivity contribution in [3.05, 3.63) is 23.3 Å². The summed E-state index contributed by atoms with van der Waals surface area (Å²) in [7, 11) is 3.06. The second kappa shape index (κ2) is 9.53. The molecule has 0 bridgehead atoms. The van der Waals surface area contributed by atoms with E-state index in [-0.39, 0.29) is 11.3 Å². The second-order valence-corrected chi connectivity index (χ2v) is 12.0. The molecule has 0 aliphatic heterocycles. The van der Waals surface area contributed by atoms with E-state index in [4.69, 9.17) is 5.73 Å². The number of nitrogens with zero attached hydrogens (tertiary/aromatic N) is 1. The van der Waals surface area contributed by atoms with Crippen LogP contribution in [0.15, 0.2) is 12.1 Å². The first-order valence-corrected chi connectivity index (χ1v) is 12.7. The number of rotatable bonds is 3. The number of aromatic hydroxyl groups is 1. The van der Waals surface area contributed by atoms with E-state index >= 15 is 0 Å². The molecule has 5 unspecified atom stereocenters. The summed E-state index contributed by atoms with van der Waals surface area (Å²) >= 11 is 0. The number of anilines is 1. The molecule has 1 aromatic rings. The molecule has 0 saturated heterocycles. The van der Waals surface area contributed by atoms with Crippen LogP contribution < -0.4 is 16.4 Å². The van der Waals surface area contributed by atoms with Crippen LogP contribution in [-0.2, 0) is 19.2 Å². The average molecular weight is 543 g/mol. The van der Waals surface area contributed by atoms with Gasteiger partial charge in [-0.2, -0.15) is 0 Å². The van der Waals surface area contributed by atoms with E-state index in [0.717, 1.165) is 0 Å². The van der Waals surface area contributed by atoms with Crippen LogP contribution in [0.2, 0.25) is 0 Å². The maximum atomic E-state index is 13.9. The van der Waals surface area contributed by atoms with Crippen molar-refractivity contribution in [1.82, 2.24) is 10.2 Å². The lowest BCUT2D eigenvalue weighted by Gasteiger charge is -2.52. The summed E-state index contributed by atoms with van der Waals surface area (Å²) in [6.07, 6.45) is -1.43. The molecular weight excluding hydrogens is 508 g/mol. The zero-order valence-electron chi connectivity index (χ0n) is 22.6. The summed E-state index contributed by atoms with van der Waals surface area (Å²) in [6.45, 7) is 6.98. The number of hydrogen-bond acceptors (Lipinski definition) is 9. The Morgan fingerprint density at radius 1 is 0.974 bits per heavy atom. The van der Waals surface area contributed by atoms with E-state index in [1.54, 1.807) is 27.7 Å². The third-order valence-corrected chi connectivity index (χ3v) is 8.09. The third kappa shape index (κ3) is 4.41. The fourth-order valence-corrected chi connectivity index (χ4v) is 6.57. The van der Waals surface area contributed by atoms with Crippen LogP contribution >= 0.6 is 0 Å². The molecule has 2 fully saturated rings. The van der Waals surface area contributed by atoms with Gasteiger partial charge in [0.2, 0.25) is 5.91 Å². The highest BCUT2D eigenvalue weighted by Gasteiger charge is 2.65. The Balaban J connectivity index is 1.80. The molecule has 3 aliphatic carbocycles. The van der Waals surface area contributed by atoms with Crippen molar-refractivity contribution in [3.63, 3.8) is 0 Å². The highest BCUT2D eigenvalue weighted by Crippen LogP contribution is 2.53. The zero-order valence-corrected chi connectivity index (χ0v) is 22.6. The minimum Gasteiger partial charge on any atom is -0.505 e. The van der Waals surface area contributed by atoms with Crippen molar-refractivity contribution in [3.8, 4) is 5.75 Å². The normalized spacial score (nSPS) is 32.3. The Labute approximate surface area is 225 Å². The number of primary amides is 1. The standard InChI is InChI=1S/C27H34N4O8/c1-9-10-7-8-11(29-26(39)30-27(2,3)4)19(32)13(10)21(34)15-12(9)20(33)14-16(22(15)35)23(36)17(25(28)38)24(37)18(14)31(5)6/h7-9,12,14-18,20,32-33H,1-6H3,(H2,28,38)(H2,29,30,39)/t9-,12?,14?,15?,16?,17?,18-,20-/m0/s1. The number of carbonyl (C=O) groups excluding carboxylic acids is 6. The highest BCUT2D eigenvalue weighted by molar-refractivity contribution is 6.29. The van der Waals surface area contributed by atoms with Crippen LogP contribution in [0.5, 0.6) is 5.75 Å². The lowest BCUT2D eigenvalue weighted by atomic mass is 9.51. The number of amides is 3. The minimum absolute atomic E-state index is 0.0583. The van der Waals surface area contributed by atoms with Crippen molar-refractivity contribution in [2.75, 3.05) is 19.4 Å². The van der Waals surface area contributed by atoms with Crippen LogP contribution in [0.25, 0.3) is 0 Å². The number of aliphatic hydroxyl groups excluding tert-OH is 1. The van der Waals surface area contributed by atoms with Gasteiger partial charge in [-0.3, -0.25) is 28.9 Å². The number of benzene rings is 1. The van der Waals surface area contributed by atoms with Crippen molar-refractivity contribution < 1.29 is 39.0 Å². The maximum absolute atomic E-state index is 13.9. The summed E-state index contributed by atoms with van der Waals surface area (Å²) in [5, 5.41) is 27.8. The van der Waals surface area contributed by atoms with Crippen LogP contribution in [0, 0.1) is 29.6 Å². The van der Waals surface area contributed by atoms with E-state index in [1.165, 1.54) is 31.1 Å². The smallest absolute Gasteiger partial charge is 0.319 e. The maximum Gasteiger partial charge on any atom is 0.319 e. The Morgan fingerprint density at radius 2 is 1.59 bits per heavy atom. The monoisotopic (exact) mass is 542 g/mol. The Bertz CT molecular complexity index is 1300. The van der Waals surface area contributed by atoms with Crippen molar-refractivity contribution >= 4 is 40.8 Å². The minimum atomic E-state index is -1.87. The number of phenols is 1. The number of hydrogen-bond donors (Lipinski definition) is 5. The number of urea groups is 1. The SMILES string of the molecule is C[C@H]1c2ccc(NC(=O)NC(C)(C)C)c(O)c2C(=O)C2C(=O)C3C(=O)C(C(N)=O)C(=O)[C@@H](N(C)C)C3[C@@H](O)C21. The van der Waals surface area contributed by atoms with Gasteiger partial charge in [0, 0.05) is 17.4 Å². The summed E-state index contributed by atoms with van der Waals surface area (Å²) in [5.41, 5.74) is 4.89. The van der Waals surface area contributed by atoms with Gasteiger partial charge in [-0.15, -0.1) is 0 Å². The van der Waals surface area contributed by atoms with Gasteiger partial charge in [-0.05, 0) is 52.4 Å².